The molecule has 0 saturated carbocycles. The number of aliphatic hydroxyl groups excluding tert-OH is 1. The first-order chi connectivity index (χ1) is 6.77. The van der Waals surface area contributed by atoms with Crippen molar-refractivity contribution in [1.82, 2.24) is 0 Å². The molecule has 2 heterocycles. The zero-order chi connectivity index (χ0) is 10.0. The Bertz CT molecular complexity index is 307. The van der Waals surface area contributed by atoms with Gasteiger partial charge in [-0.1, -0.05) is 11.6 Å². The largest absolute Gasteiger partial charge is 0.396 e. The summed E-state index contributed by atoms with van der Waals surface area (Å²) in [5.74, 6) is 0. The molecule has 4 heteroatoms. The van der Waals surface area contributed by atoms with Crippen molar-refractivity contribution in [2.45, 2.75) is 18.3 Å². The smallest absolute Gasteiger partial charge is 0.0931 e. The minimum atomic E-state index is 0.139. The Morgan fingerprint density at radius 1 is 1.50 bits per heavy atom. The van der Waals surface area contributed by atoms with Crippen LogP contribution in [0.1, 0.15) is 17.7 Å². The molecule has 1 aliphatic rings. The van der Waals surface area contributed by atoms with Crippen molar-refractivity contribution in [3.8, 4) is 0 Å². The Labute approximate surface area is 92.5 Å². The third-order valence-corrected chi connectivity index (χ3v) is 4.14. The summed E-state index contributed by atoms with van der Waals surface area (Å²) in [7, 11) is 0. The van der Waals surface area contributed by atoms with E-state index in [1.807, 2.05) is 6.07 Å². The molecule has 0 aliphatic carbocycles. The summed E-state index contributed by atoms with van der Waals surface area (Å²) in [4.78, 5) is 1.29. The van der Waals surface area contributed by atoms with Crippen LogP contribution in [0.25, 0.3) is 0 Å². The first kappa shape index (κ1) is 10.4. The van der Waals surface area contributed by atoms with Crippen molar-refractivity contribution < 1.29 is 9.84 Å². The molecule has 0 bridgehead atoms. The molecule has 2 nitrogen and oxygen atoms in total. The fraction of sp³-hybridized carbons (Fsp3) is 0.600. The molecule has 78 valence electrons. The number of rotatable bonds is 4. The van der Waals surface area contributed by atoms with E-state index < -0.39 is 0 Å². The SMILES string of the molecule is OCCCC1(c2ccc(Cl)s2)COC1. The average molecular weight is 233 g/mol. The Morgan fingerprint density at radius 3 is 2.71 bits per heavy atom. The quantitative estimate of drug-likeness (QED) is 0.864. The number of hydrogen-bond acceptors (Lipinski definition) is 3. The van der Waals surface area contributed by atoms with Gasteiger partial charge in [-0.2, -0.15) is 0 Å². The molecule has 0 radical (unpaired) electrons. The number of ether oxygens (including phenoxy) is 1. The van der Waals surface area contributed by atoms with Crippen molar-refractivity contribution in [3.05, 3.63) is 21.3 Å². The van der Waals surface area contributed by atoms with Gasteiger partial charge >= 0.3 is 0 Å². The van der Waals surface area contributed by atoms with Crippen LogP contribution in [0.15, 0.2) is 12.1 Å². The van der Waals surface area contributed by atoms with E-state index in [4.69, 9.17) is 21.4 Å². The molecule has 1 saturated heterocycles. The van der Waals surface area contributed by atoms with E-state index in [9.17, 15) is 0 Å². The highest BCUT2D eigenvalue weighted by molar-refractivity contribution is 7.16. The molecule has 1 fully saturated rings. The number of hydrogen-bond donors (Lipinski definition) is 1. The van der Waals surface area contributed by atoms with Crippen molar-refractivity contribution >= 4 is 22.9 Å². The first-order valence-corrected chi connectivity index (χ1v) is 5.91. The molecule has 2 rings (SSSR count). The minimum absolute atomic E-state index is 0.139. The molecule has 0 aromatic carbocycles. The Balaban J connectivity index is 2.11. The monoisotopic (exact) mass is 232 g/mol. The topological polar surface area (TPSA) is 29.5 Å². The maximum Gasteiger partial charge on any atom is 0.0931 e. The van der Waals surface area contributed by atoms with Gasteiger partial charge in [0.1, 0.15) is 0 Å². The van der Waals surface area contributed by atoms with Crippen molar-refractivity contribution in [3.63, 3.8) is 0 Å². The van der Waals surface area contributed by atoms with Gasteiger partial charge in [0, 0.05) is 11.5 Å². The summed E-state index contributed by atoms with van der Waals surface area (Å²) in [6.45, 7) is 1.79. The van der Waals surface area contributed by atoms with Gasteiger partial charge in [-0.25, -0.2) is 0 Å². The molecule has 0 atom stereocenters. The molecule has 14 heavy (non-hydrogen) atoms. The van der Waals surface area contributed by atoms with Crippen LogP contribution in [0.5, 0.6) is 0 Å². The third-order valence-electron chi connectivity index (χ3n) is 2.67. The van der Waals surface area contributed by atoms with Crippen molar-refractivity contribution in [1.29, 1.82) is 0 Å². The second kappa shape index (κ2) is 4.19. The van der Waals surface area contributed by atoms with Crippen LogP contribution in [0, 0.1) is 0 Å². The highest BCUT2D eigenvalue weighted by Crippen LogP contribution is 2.41. The number of halogens is 1. The molecule has 1 aromatic heterocycles. The normalized spacial score (nSPS) is 19.3. The lowest BCUT2D eigenvalue weighted by molar-refractivity contribution is -0.0646. The highest BCUT2D eigenvalue weighted by Gasteiger charge is 2.40. The molecule has 1 N–H and O–H groups in total. The maximum absolute atomic E-state index is 8.84. The maximum atomic E-state index is 8.84. The van der Waals surface area contributed by atoms with Gasteiger partial charge in [0.25, 0.3) is 0 Å². The van der Waals surface area contributed by atoms with E-state index in [0.717, 1.165) is 30.4 Å². The zero-order valence-corrected chi connectivity index (χ0v) is 9.40. The molecule has 0 spiro atoms. The minimum Gasteiger partial charge on any atom is -0.396 e. The third kappa shape index (κ3) is 1.82. The van der Waals surface area contributed by atoms with Gasteiger partial charge in [-0.05, 0) is 25.0 Å². The lowest BCUT2D eigenvalue weighted by Crippen LogP contribution is -2.46. The summed E-state index contributed by atoms with van der Waals surface area (Å²) < 4.78 is 6.11. The van der Waals surface area contributed by atoms with Gasteiger partial charge in [-0.15, -0.1) is 11.3 Å². The van der Waals surface area contributed by atoms with Crippen LogP contribution in [-0.4, -0.2) is 24.9 Å². The van der Waals surface area contributed by atoms with Gasteiger partial charge in [0.05, 0.1) is 23.0 Å². The van der Waals surface area contributed by atoms with Gasteiger partial charge in [0.2, 0.25) is 0 Å². The van der Waals surface area contributed by atoms with Crippen LogP contribution < -0.4 is 0 Å². The molecule has 0 amide bonds. The molecule has 1 aromatic rings. The molecule has 1 aliphatic heterocycles. The second-order valence-corrected chi connectivity index (χ2v) is 5.42. The van der Waals surface area contributed by atoms with Gasteiger partial charge in [0.15, 0.2) is 0 Å². The predicted octanol–water partition coefficient (Wildman–Crippen LogP) is 2.44. The summed E-state index contributed by atoms with van der Waals surface area (Å²) in [5.41, 5.74) is 0.139. The van der Waals surface area contributed by atoms with Crippen LogP contribution in [0.2, 0.25) is 4.34 Å². The van der Waals surface area contributed by atoms with Crippen LogP contribution in [0.4, 0.5) is 0 Å². The van der Waals surface area contributed by atoms with Crippen molar-refractivity contribution in [2.75, 3.05) is 19.8 Å². The van der Waals surface area contributed by atoms with Crippen LogP contribution >= 0.6 is 22.9 Å². The van der Waals surface area contributed by atoms with E-state index in [2.05, 4.69) is 6.07 Å². The number of thiophene rings is 1. The Kier molecular flexibility index (Phi) is 3.12. The molecular weight excluding hydrogens is 220 g/mol. The van der Waals surface area contributed by atoms with E-state index >= 15 is 0 Å². The fourth-order valence-electron chi connectivity index (χ4n) is 1.78. The Hall–Kier alpha value is -0.0900. The second-order valence-electron chi connectivity index (χ2n) is 3.70. The van der Waals surface area contributed by atoms with Gasteiger partial charge < -0.3 is 9.84 Å². The van der Waals surface area contributed by atoms with E-state index in [1.54, 1.807) is 11.3 Å². The standard InChI is InChI=1S/C10H13ClO2S/c11-9-3-2-8(14-9)10(4-1-5-12)6-13-7-10/h2-3,12H,1,4-7H2. The van der Waals surface area contributed by atoms with E-state index in [1.165, 1.54) is 4.88 Å². The van der Waals surface area contributed by atoms with E-state index in [-0.39, 0.29) is 12.0 Å². The Morgan fingerprint density at radius 2 is 2.29 bits per heavy atom. The summed E-state index contributed by atoms with van der Waals surface area (Å²) in [5, 5.41) is 8.84. The van der Waals surface area contributed by atoms with Gasteiger partial charge in [-0.3, -0.25) is 0 Å². The average Bonchev–Trinajstić information content (AvgIpc) is 2.51. The lowest BCUT2D eigenvalue weighted by Gasteiger charge is -2.40. The first-order valence-electron chi connectivity index (χ1n) is 4.71. The fourth-order valence-corrected chi connectivity index (χ4v) is 3.01. The highest BCUT2D eigenvalue weighted by atomic mass is 35.5. The van der Waals surface area contributed by atoms with Crippen molar-refractivity contribution in [2.24, 2.45) is 0 Å². The van der Waals surface area contributed by atoms with Crippen LogP contribution in [0.3, 0.4) is 0 Å². The zero-order valence-electron chi connectivity index (χ0n) is 7.83. The van der Waals surface area contributed by atoms with Crippen LogP contribution in [-0.2, 0) is 10.2 Å². The molecular formula is C10H13ClO2S. The summed E-state index contributed by atoms with van der Waals surface area (Å²) >= 11 is 7.53. The lowest BCUT2D eigenvalue weighted by atomic mass is 9.80. The predicted molar refractivity (Wildman–Crippen MR) is 58.1 cm³/mol. The number of aliphatic hydroxyl groups is 1. The van der Waals surface area contributed by atoms with E-state index in [0.29, 0.717) is 0 Å². The summed E-state index contributed by atoms with van der Waals surface area (Å²) in [6.07, 6.45) is 1.82. The summed E-state index contributed by atoms with van der Waals surface area (Å²) in [6, 6.07) is 4.01. The molecule has 0 unspecified atom stereocenters.